The maximum atomic E-state index is 5.04. The predicted molar refractivity (Wildman–Crippen MR) is 156 cm³/mol. The number of hydrogen-bond acceptors (Lipinski definition) is 1. The molecule has 0 aliphatic rings. The number of hydrogen-bond donors (Lipinski definition) is 0. The van der Waals surface area contributed by atoms with Gasteiger partial charge in [-0.05, 0) is 67.5 Å². The third kappa shape index (κ3) is 4.17. The van der Waals surface area contributed by atoms with E-state index in [9.17, 15) is 0 Å². The molecule has 3 heteroatoms. The van der Waals surface area contributed by atoms with Crippen LogP contribution in [0.2, 0.25) is 0 Å². The average molecular weight is 489 g/mol. The first kappa shape index (κ1) is 25.0. The Labute approximate surface area is 221 Å². The highest BCUT2D eigenvalue weighted by molar-refractivity contribution is 5.81. The van der Waals surface area contributed by atoms with E-state index in [1.165, 1.54) is 50.1 Å². The van der Waals surface area contributed by atoms with Crippen molar-refractivity contribution in [2.75, 3.05) is 0 Å². The monoisotopic (exact) mass is 488 g/mol. The first-order chi connectivity index (χ1) is 17.7. The predicted octanol–water partition coefficient (Wildman–Crippen LogP) is 8.36. The molecule has 0 saturated heterocycles. The van der Waals surface area contributed by atoms with Gasteiger partial charge in [0.25, 0.3) is 5.82 Å². The maximum absolute atomic E-state index is 5.04. The van der Waals surface area contributed by atoms with E-state index in [1.54, 1.807) is 0 Å². The van der Waals surface area contributed by atoms with Crippen molar-refractivity contribution >= 4 is 11.0 Å². The lowest BCUT2D eigenvalue weighted by molar-refractivity contribution is -0.633. The van der Waals surface area contributed by atoms with Crippen molar-refractivity contribution in [3.8, 4) is 28.3 Å². The summed E-state index contributed by atoms with van der Waals surface area (Å²) in [7, 11) is 2.18. The lowest BCUT2D eigenvalue weighted by atomic mass is 9.92. The molecule has 2 heterocycles. The highest BCUT2D eigenvalue weighted by Crippen LogP contribution is 2.37. The molecule has 0 radical (unpaired) electrons. The molecule has 2 aromatic heterocycles. The number of nitrogens with zero attached hydrogens (tertiary/aromatic N) is 3. The minimum atomic E-state index is 0.402. The van der Waals surface area contributed by atoms with Crippen LogP contribution in [0, 0.1) is 20.8 Å². The van der Waals surface area contributed by atoms with Gasteiger partial charge in [0.05, 0.1) is 18.3 Å². The smallest absolute Gasteiger partial charge is 0.255 e. The van der Waals surface area contributed by atoms with E-state index in [2.05, 4.69) is 138 Å². The summed E-state index contributed by atoms with van der Waals surface area (Å²) in [6.07, 6.45) is 2.08. The van der Waals surface area contributed by atoms with Crippen LogP contribution < -0.4 is 4.57 Å². The van der Waals surface area contributed by atoms with Crippen LogP contribution in [-0.4, -0.2) is 9.55 Å². The van der Waals surface area contributed by atoms with Crippen LogP contribution >= 0.6 is 0 Å². The van der Waals surface area contributed by atoms with E-state index in [0.717, 1.165) is 17.1 Å². The Balaban J connectivity index is 1.85. The molecule has 0 aliphatic carbocycles. The second-order valence-electron chi connectivity index (χ2n) is 11.0. The van der Waals surface area contributed by atoms with E-state index in [1.807, 2.05) is 0 Å². The van der Waals surface area contributed by atoms with Gasteiger partial charge in [-0.15, -0.1) is 0 Å². The Morgan fingerprint density at radius 1 is 0.730 bits per heavy atom. The van der Waals surface area contributed by atoms with Crippen LogP contribution in [0.1, 0.15) is 67.3 Å². The molecule has 37 heavy (non-hydrogen) atoms. The van der Waals surface area contributed by atoms with Crippen molar-refractivity contribution in [3.05, 3.63) is 101 Å². The average Bonchev–Trinajstić information content (AvgIpc) is 3.15. The number of rotatable bonds is 5. The molecule has 0 bridgehead atoms. The standard InChI is InChI=1S/C34H38N3/c1-21(2)26-15-12-16-27(22(3)4)33(26)37-31-18-10-9-17-30(31)36(8)34(37)28-20-35-29(19-25(28)7)32-23(5)13-11-14-24(32)6/h9-22H,1-8H3/q+1. The van der Waals surface area contributed by atoms with Crippen LogP contribution in [0.5, 0.6) is 0 Å². The van der Waals surface area contributed by atoms with Crippen LogP contribution in [0.3, 0.4) is 0 Å². The Morgan fingerprint density at radius 3 is 1.92 bits per heavy atom. The first-order valence-electron chi connectivity index (χ1n) is 13.4. The largest absolute Gasteiger partial charge is 0.296 e. The summed E-state index contributed by atoms with van der Waals surface area (Å²) in [4.78, 5) is 5.04. The fourth-order valence-corrected chi connectivity index (χ4v) is 5.76. The fraction of sp³-hybridized carbons (Fsp3) is 0.294. The van der Waals surface area contributed by atoms with Crippen molar-refractivity contribution < 1.29 is 4.57 Å². The van der Waals surface area contributed by atoms with E-state index in [4.69, 9.17) is 4.98 Å². The van der Waals surface area contributed by atoms with Gasteiger partial charge in [0.15, 0.2) is 11.0 Å². The van der Waals surface area contributed by atoms with E-state index < -0.39 is 0 Å². The van der Waals surface area contributed by atoms with Gasteiger partial charge in [0, 0.05) is 22.9 Å². The quantitative estimate of drug-likeness (QED) is 0.228. The SMILES string of the molecule is Cc1cc(-c2c(C)cccc2C)ncc1-c1n(-c2c(C(C)C)cccc2C(C)C)c2ccccc2[n+]1C. The Bertz CT molecular complexity index is 1570. The molecule has 5 aromatic rings. The number of aromatic nitrogens is 3. The number of pyridine rings is 1. The van der Waals surface area contributed by atoms with Crippen molar-refractivity contribution in [1.82, 2.24) is 9.55 Å². The zero-order valence-electron chi connectivity index (χ0n) is 23.4. The van der Waals surface area contributed by atoms with Crippen molar-refractivity contribution in [1.29, 1.82) is 0 Å². The highest BCUT2D eigenvalue weighted by Gasteiger charge is 2.31. The van der Waals surface area contributed by atoms with Crippen LogP contribution in [0.25, 0.3) is 39.4 Å². The molecule has 0 unspecified atom stereocenters. The molecule has 0 fully saturated rings. The van der Waals surface area contributed by atoms with Gasteiger partial charge in [0.1, 0.15) is 5.69 Å². The molecule has 0 amide bonds. The Hall–Kier alpha value is -3.72. The van der Waals surface area contributed by atoms with Gasteiger partial charge in [-0.1, -0.05) is 76.2 Å². The summed E-state index contributed by atoms with van der Waals surface area (Å²) in [5.74, 6) is 1.96. The minimum absolute atomic E-state index is 0.402. The zero-order valence-corrected chi connectivity index (χ0v) is 23.4. The number of benzene rings is 3. The van der Waals surface area contributed by atoms with Gasteiger partial charge in [-0.25, -0.2) is 4.57 Å². The third-order valence-electron chi connectivity index (χ3n) is 7.67. The van der Waals surface area contributed by atoms with Crippen LogP contribution in [0.4, 0.5) is 0 Å². The van der Waals surface area contributed by atoms with E-state index in [-0.39, 0.29) is 0 Å². The van der Waals surface area contributed by atoms with Gasteiger partial charge in [0.2, 0.25) is 0 Å². The molecule has 0 saturated carbocycles. The lowest BCUT2D eigenvalue weighted by Crippen LogP contribution is -2.30. The number of aryl methyl sites for hydroxylation is 4. The molecule has 0 N–H and O–H groups in total. The summed E-state index contributed by atoms with van der Waals surface area (Å²) in [6.45, 7) is 15.7. The summed E-state index contributed by atoms with van der Waals surface area (Å²) in [6, 6.07) is 24.2. The molecular formula is C34H38N3+. The van der Waals surface area contributed by atoms with Crippen LogP contribution in [-0.2, 0) is 7.05 Å². The molecular weight excluding hydrogens is 450 g/mol. The first-order valence-corrected chi connectivity index (χ1v) is 13.4. The van der Waals surface area contributed by atoms with E-state index >= 15 is 0 Å². The summed E-state index contributed by atoms with van der Waals surface area (Å²) in [5.41, 5.74) is 13.6. The van der Waals surface area contributed by atoms with Crippen LogP contribution in [0.15, 0.2) is 72.9 Å². The van der Waals surface area contributed by atoms with Crippen molar-refractivity contribution in [2.24, 2.45) is 7.05 Å². The molecule has 188 valence electrons. The molecule has 5 rings (SSSR count). The minimum Gasteiger partial charge on any atom is -0.255 e. The van der Waals surface area contributed by atoms with Crippen molar-refractivity contribution in [3.63, 3.8) is 0 Å². The summed E-state index contributed by atoms with van der Waals surface area (Å²) < 4.78 is 4.82. The van der Waals surface area contributed by atoms with Gasteiger partial charge < -0.3 is 0 Å². The summed E-state index contributed by atoms with van der Waals surface area (Å²) >= 11 is 0. The van der Waals surface area contributed by atoms with Crippen molar-refractivity contribution in [2.45, 2.75) is 60.3 Å². The van der Waals surface area contributed by atoms with Gasteiger partial charge in [-0.2, -0.15) is 4.57 Å². The Morgan fingerprint density at radius 2 is 1.32 bits per heavy atom. The van der Waals surface area contributed by atoms with Gasteiger partial charge >= 0.3 is 0 Å². The van der Waals surface area contributed by atoms with E-state index in [0.29, 0.717) is 11.8 Å². The second-order valence-corrected chi connectivity index (χ2v) is 11.0. The second kappa shape index (κ2) is 9.63. The topological polar surface area (TPSA) is 21.7 Å². The Kier molecular flexibility index (Phi) is 6.49. The fourth-order valence-electron chi connectivity index (χ4n) is 5.76. The molecule has 3 aromatic carbocycles. The molecule has 3 nitrogen and oxygen atoms in total. The lowest BCUT2D eigenvalue weighted by Gasteiger charge is -2.18. The summed E-state index contributed by atoms with van der Waals surface area (Å²) in [5, 5.41) is 0. The number of fused-ring (bicyclic) bond motifs is 1. The zero-order chi connectivity index (χ0) is 26.4. The number of imidazole rings is 1. The molecule has 0 spiro atoms. The number of para-hydroxylation sites is 3. The molecule has 0 aliphatic heterocycles. The third-order valence-corrected chi connectivity index (χ3v) is 7.67. The highest BCUT2D eigenvalue weighted by atomic mass is 15.2. The van der Waals surface area contributed by atoms with Gasteiger partial charge in [-0.3, -0.25) is 4.98 Å². The normalized spacial score (nSPS) is 11.7. The maximum Gasteiger partial charge on any atom is 0.296 e. The molecule has 0 atom stereocenters.